The van der Waals surface area contributed by atoms with Gasteiger partial charge in [-0.2, -0.15) is 0 Å². The van der Waals surface area contributed by atoms with E-state index in [1.54, 1.807) is 0 Å². The molecular weight excluding hydrogens is 398 g/mol. The summed E-state index contributed by atoms with van der Waals surface area (Å²) in [6.45, 7) is 0. The third-order valence-corrected chi connectivity index (χ3v) is 4.43. The van der Waals surface area contributed by atoms with Crippen LogP contribution in [0.1, 0.15) is 11.1 Å². The molecule has 0 unspecified atom stereocenters. The van der Waals surface area contributed by atoms with Gasteiger partial charge in [0.2, 0.25) is 0 Å². The molecule has 30 heavy (non-hydrogen) atoms. The second-order valence-electron chi connectivity index (χ2n) is 6.37. The Morgan fingerprint density at radius 2 is 0.867 bits per heavy atom. The number of benzene rings is 4. The summed E-state index contributed by atoms with van der Waals surface area (Å²) in [6, 6.07) is 26.8. The summed E-state index contributed by atoms with van der Waals surface area (Å²) >= 11 is 0. The minimum absolute atomic E-state index is 0. The van der Waals surface area contributed by atoms with Crippen LogP contribution in [0.15, 0.2) is 84.9 Å². The first-order valence-electron chi connectivity index (χ1n) is 8.87. The molecule has 0 spiro atoms. The van der Waals surface area contributed by atoms with Crippen molar-refractivity contribution in [1.82, 2.24) is 0 Å². The number of carboxylic acid groups (broad SMARTS) is 2. The fourth-order valence-corrected chi connectivity index (χ4v) is 3.20. The summed E-state index contributed by atoms with van der Waals surface area (Å²) in [4.78, 5) is 21.0. The molecule has 0 aliphatic rings. The monoisotopic (exact) mass is 416 g/mol. The first kappa shape index (κ1) is 26.4. The van der Waals surface area contributed by atoms with Crippen LogP contribution in [0.4, 0.5) is 0 Å². The maximum Gasteiger partial charge on any atom is 1.00 e. The summed E-state index contributed by atoms with van der Waals surface area (Å²) in [7, 11) is 0. The van der Waals surface area contributed by atoms with Crippen LogP contribution in [0.2, 0.25) is 0 Å². The molecule has 6 heteroatoms. The average molecular weight is 416 g/mol. The Hall–Kier alpha value is -1.66. The molecule has 4 rings (SSSR count). The van der Waals surface area contributed by atoms with Crippen molar-refractivity contribution in [3.63, 3.8) is 0 Å². The molecule has 0 aromatic heterocycles. The van der Waals surface area contributed by atoms with Crippen LogP contribution >= 0.6 is 0 Å². The minimum atomic E-state index is -1.04. The SMILES string of the molecule is O=C([O-])Cc1cccc2ccccc12.O=C([O-])Cc1cccc2ccccc12.[Na+].[Na+]. The predicted octanol–water partition coefficient (Wildman–Crippen LogP) is -3.73. The molecule has 0 heterocycles. The van der Waals surface area contributed by atoms with Gasteiger partial charge in [-0.1, -0.05) is 84.9 Å². The van der Waals surface area contributed by atoms with E-state index in [4.69, 9.17) is 0 Å². The van der Waals surface area contributed by atoms with Gasteiger partial charge in [-0.15, -0.1) is 0 Å². The normalized spacial score (nSPS) is 9.60. The standard InChI is InChI=1S/2C12H10O2.2Na/c2*13-12(14)8-10-6-3-5-9-4-1-2-7-11(9)10;;/h2*1-7H,8H2,(H,13,14);;/q;;2*+1/p-2. The third kappa shape index (κ3) is 7.24. The van der Waals surface area contributed by atoms with Crippen molar-refractivity contribution in [2.45, 2.75) is 12.8 Å². The van der Waals surface area contributed by atoms with Crippen molar-refractivity contribution in [1.29, 1.82) is 0 Å². The Labute approximate surface area is 219 Å². The van der Waals surface area contributed by atoms with Gasteiger partial charge in [0.1, 0.15) is 0 Å². The van der Waals surface area contributed by atoms with Gasteiger partial charge < -0.3 is 19.8 Å². The smallest absolute Gasteiger partial charge is 0.550 e. The van der Waals surface area contributed by atoms with Gasteiger partial charge in [-0.3, -0.25) is 0 Å². The molecule has 4 nitrogen and oxygen atoms in total. The van der Waals surface area contributed by atoms with Crippen molar-refractivity contribution < 1.29 is 78.9 Å². The maximum atomic E-state index is 10.5. The summed E-state index contributed by atoms with van der Waals surface area (Å²) in [5, 5.41) is 25.1. The summed E-state index contributed by atoms with van der Waals surface area (Å²) in [5.74, 6) is -2.08. The van der Waals surface area contributed by atoms with E-state index in [0.717, 1.165) is 32.7 Å². The van der Waals surface area contributed by atoms with E-state index in [0.29, 0.717) is 0 Å². The first-order valence-corrected chi connectivity index (χ1v) is 8.87. The Morgan fingerprint density at radius 1 is 0.533 bits per heavy atom. The van der Waals surface area contributed by atoms with Crippen LogP contribution < -0.4 is 69.3 Å². The van der Waals surface area contributed by atoms with E-state index in [1.807, 2.05) is 84.9 Å². The van der Waals surface area contributed by atoms with Gasteiger partial charge in [0.25, 0.3) is 0 Å². The maximum absolute atomic E-state index is 10.5. The molecule has 0 aliphatic heterocycles. The first-order chi connectivity index (χ1) is 13.5. The zero-order chi connectivity index (χ0) is 19.9. The van der Waals surface area contributed by atoms with Gasteiger partial charge in [0.05, 0.1) is 0 Å². The summed E-state index contributed by atoms with van der Waals surface area (Å²) in [5.41, 5.74) is 1.62. The van der Waals surface area contributed by atoms with Crippen molar-refractivity contribution in [2.24, 2.45) is 0 Å². The van der Waals surface area contributed by atoms with E-state index in [9.17, 15) is 19.8 Å². The third-order valence-electron chi connectivity index (χ3n) is 4.43. The van der Waals surface area contributed by atoms with E-state index in [-0.39, 0.29) is 72.0 Å². The molecule has 0 N–H and O–H groups in total. The molecule has 0 radical (unpaired) electrons. The molecule has 0 saturated heterocycles. The van der Waals surface area contributed by atoms with Crippen molar-refractivity contribution in [2.75, 3.05) is 0 Å². The number of aliphatic carboxylic acids is 2. The van der Waals surface area contributed by atoms with Crippen molar-refractivity contribution in [3.05, 3.63) is 96.1 Å². The number of hydrogen-bond acceptors (Lipinski definition) is 4. The fraction of sp³-hybridized carbons (Fsp3) is 0.0833. The van der Waals surface area contributed by atoms with Crippen LogP contribution in [-0.4, -0.2) is 11.9 Å². The van der Waals surface area contributed by atoms with Crippen LogP contribution in [-0.2, 0) is 22.4 Å². The summed E-state index contributed by atoms with van der Waals surface area (Å²) < 4.78 is 0. The molecular formula is C24H18Na2O4. The number of hydrogen-bond donors (Lipinski definition) is 0. The van der Waals surface area contributed by atoms with Gasteiger partial charge in [-0.25, -0.2) is 0 Å². The fourth-order valence-electron chi connectivity index (χ4n) is 3.20. The molecule has 0 amide bonds. The molecule has 140 valence electrons. The topological polar surface area (TPSA) is 80.3 Å². The quantitative estimate of drug-likeness (QED) is 0.321. The molecule has 4 aromatic rings. The summed E-state index contributed by atoms with van der Waals surface area (Å²) in [6.07, 6.45) is -0.0529. The zero-order valence-corrected chi connectivity index (χ0v) is 21.1. The average Bonchev–Trinajstić information content (AvgIpc) is 2.68. The van der Waals surface area contributed by atoms with Crippen LogP contribution in [0.25, 0.3) is 21.5 Å². The molecule has 0 fully saturated rings. The second kappa shape index (κ2) is 12.9. The molecule has 4 aromatic carbocycles. The van der Waals surface area contributed by atoms with Crippen LogP contribution in [0.3, 0.4) is 0 Å². The molecule has 0 aliphatic carbocycles. The van der Waals surface area contributed by atoms with Gasteiger partial charge in [-0.05, 0) is 32.7 Å². The molecule has 0 bridgehead atoms. The zero-order valence-electron chi connectivity index (χ0n) is 17.1. The number of fused-ring (bicyclic) bond motifs is 2. The van der Waals surface area contributed by atoms with E-state index >= 15 is 0 Å². The Balaban J connectivity index is 0.000000281. The predicted molar refractivity (Wildman–Crippen MR) is 105 cm³/mol. The van der Waals surface area contributed by atoms with E-state index < -0.39 is 11.9 Å². The van der Waals surface area contributed by atoms with Crippen molar-refractivity contribution >= 4 is 33.5 Å². The Morgan fingerprint density at radius 3 is 1.23 bits per heavy atom. The van der Waals surface area contributed by atoms with Crippen LogP contribution in [0, 0.1) is 0 Å². The Kier molecular flexibility index (Phi) is 11.3. The largest absolute Gasteiger partial charge is 1.00 e. The van der Waals surface area contributed by atoms with Gasteiger partial charge in [0, 0.05) is 24.8 Å². The van der Waals surface area contributed by atoms with Gasteiger partial charge >= 0.3 is 59.1 Å². The van der Waals surface area contributed by atoms with Gasteiger partial charge in [0.15, 0.2) is 0 Å². The molecule has 0 saturated carbocycles. The second-order valence-corrected chi connectivity index (χ2v) is 6.37. The number of carbonyl (C=O) groups is 2. The number of carbonyl (C=O) groups excluding carboxylic acids is 2. The number of rotatable bonds is 4. The van der Waals surface area contributed by atoms with E-state index in [2.05, 4.69) is 0 Å². The number of carboxylic acids is 2. The van der Waals surface area contributed by atoms with Crippen LogP contribution in [0.5, 0.6) is 0 Å². The molecule has 0 atom stereocenters. The van der Waals surface area contributed by atoms with E-state index in [1.165, 1.54) is 0 Å². The van der Waals surface area contributed by atoms with Crippen molar-refractivity contribution in [3.8, 4) is 0 Å². The Bertz CT molecular complexity index is 1040. The minimum Gasteiger partial charge on any atom is -0.550 e.